The van der Waals surface area contributed by atoms with Gasteiger partial charge >= 0.3 is 0 Å². The normalized spacial score (nSPS) is 11.4. The summed E-state index contributed by atoms with van der Waals surface area (Å²) in [5, 5.41) is 2.54. The van der Waals surface area contributed by atoms with E-state index in [1.54, 1.807) is 0 Å². The highest BCUT2D eigenvalue weighted by molar-refractivity contribution is 6.09. The van der Waals surface area contributed by atoms with E-state index in [9.17, 15) is 4.79 Å². The Balaban J connectivity index is 1.51. The summed E-state index contributed by atoms with van der Waals surface area (Å²) >= 11 is 0. The van der Waals surface area contributed by atoms with Gasteiger partial charge in [0.25, 0.3) is 0 Å². The molecular formula is C27H19NO. The van der Waals surface area contributed by atoms with Gasteiger partial charge in [-0.05, 0) is 35.4 Å². The van der Waals surface area contributed by atoms with Gasteiger partial charge in [-0.3, -0.25) is 4.79 Å². The van der Waals surface area contributed by atoms with Crippen LogP contribution in [0.1, 0.15) is 21.5 Å². The number of nitrogens with zero attached hydrogens (tertiary/aromatic N) is 1. The molecule has 0 saturated carbocycles. The maximum Gasteiger partial charge on any atom is 0.150 e. The number of para-hydroxylation sites is 2. The zero-order valence-electron chi connectivity index (χ0n) is 15.8. The number of benzene rings is 4. The quantitative estimate of drug-likeness (QED) is 0.252. The number of hydrogen-bond acceptors (Lipinski definition) is 1. The minimum Gasteiger partial charge on any atom is -0.309 e. The van der Waals surface area contributed by atoms with Crippen LogP contribution in [0.3, 0.4) is 0 Å². The second kappa shape index (κ2) is 7.25. The van der Waals surface area contributed by atoms with E-state index in [0.29, 0.717) is 5.56 Å². The first-order valence-electron chi connectivity index (χ1n) is 9.65. The largest absolute Gasteiger partial charge is 0.309 e. The van der Waals surface area contributed by atoms with Crippen molar-refractivity contribution >= 4 is 40.2 Å². The van der Waals surface area contributed by atoms with E-state index in [1.807, 2.05) is 24.3 Å². The third kappa shape index (κ3) is 3.15. The lowest BCUT2D eigenvalue weighted by Gasteiger charge is -2.08. The molecule has 0 aliphatic heterocycles. The topological polar surface area (TPSA) is 22.0 Å². The lowest BCUT2D eigenvalue weighted by Crippen LogP contribution is -1.93. The fourth-order valence-electron chi connectivity index (χ4n) is 3.81. The van der Waals surface area contributed by atoms with Crippen molar-refractivity contribution in [3.63, 3.8) is 0 Å². The molecule has 138 valence electrons. The van der Waals surface area contributed by atoms with Crippen LogP contribution >= 0.6 is 0 Å². The predicted octanol–water partition coefficient (Wildman–Crippen LogP) is 6.77. The molecule has 5 aromatic rings. The van der Waals surface area contributed by atoms with E-state index in [0.717, 1.165) is 23.1 Å². The monoisotopic (exact) mass is 373 g/mol. The van der Waals surface area contributed by atoms with Crippen LogP contribution in [0.15, 0.2) is 97.1 Å². The second-order valence-corrected chi connectivity index (χ2v) is 7.08. The zero-order valence-corrected chi connectivity index (χ0v) is 15.8. The standard InChI is InChI=1S/C27H19NO/c29-19-22-13-11-20(12-14-22)9-10-21-15-17-23(18-16-21)28-26-7-3-1-5-24(26)25-6-2-4-8-27(25)28/h1-19H. The molecule has 0 unspecified atom stereocenters. The van der Waals surface area contributed by atoms with Crippen molar-refractivity contribution in [3.05, 3.63) is 114 Å². The predicted molar refractivity (Wildman–Crippen MR) is 122 cm³/mol. The second-order valence-electron chi connectivity index (χ2n) is 7.08. The molecule has 0 N–H and O–H groups in total. The molecule has 0 atom stereocenters. The number of aromatic nitrogens is 1. The Morgan fingerprint density at radius 1 is 0.517 bits per heavy atom. The molecular weight excluding hydrogens is 354 g/mol. The van der Waals surface area contributed by atoms with Crippen LogP contribution in [0.2, 0.25) is 0 Å². The van der Waals surface area contributed by atoms with Crippen molar-refractivity contribution in [1.82, 2.24) is 4.57 Å². The number of aldehydes is 1. The van der Waals surface area contributed by atoms with Gasteiger partial charge < -0.3 is 4.57 Å². The molecule has 0 aliphatic carbocycles. The molecule has 0 aliphatic rings. The van der Waals surface area contributed by atoms with E-state index in [4.69, 9.17) is 0 Å². The van der Waals surface area contributed by atoms with Gasteiger partial charge in [0.05, 0.1) is 11.0 Å². The zero-order chi connectivity index (χ0) is 19.6. The summed E-state index contributed by atoms with van der Waals surface area (Å²) in [5.41, 5.74) is 6.48. The van der Waals surface area contributed by atoms with Crippen LogP contribution in [0.25, 0.3) is 39.6 Å². The van der Waals surface area contributed by atoms with Crippen LogP contribution in [0.5, 0.6) is 0 Å². The Kier molecular flexibility index (Phi) is 4.30. The number of hydrogen-bond donors (Lipinski definition) is 0. The summed E-state index contributed by atoms with van der Waals surface area (Å²) in [5.74, 6) is 0. The minimum atomic E-state index is 0.692. The molecule has 0 radical (unpaired) electrons. The smallest absolute Gasteiger partial charge is 0.150 e. The minimum absolute atomic E-state index is 0.692. The molecule has 5 rings (SSSR count). The highest BCUT2D eigenvalue weighted by Crippen LogP contribution is 2.31. The summed E-state index contributed by atoms with van der Waals surface area (Å²) in [7, 11) is 0. The van der Waals surface area contributed by atoms with E-state index in [-0.39, 0.29) is 0 Å². The van der Waals surface area contributed by atoms with Gasteiger partial charge in [-0.15, -0.1) is 0 Å². The molecule has 0 spiro atoms. The Labute approximate surface area is 169 Å². The third-order valence-electron chi connectivity index (χ3n) is 5.27. The molecule has 1 aromatic heterocycles. The van der Waals surface area contributed by atoms with Gasteiger partial charge in [-0.1, -0.05) is 84.9 Å². The Morgan fingerprint density at radius 2 is 0.966 bits per heavy atom. The fourth-order valence-corrected chi connectivity index (χ4v) is 3.81. The fraction of sp³-hybridized carbons (Fsp3) is 0. The van der Waals surface area contributed by atoms with E-state index >= 15 is 0 Å². The van der Waals surface area contributed by atoms with Crippen molar-refractivity contribution in [2.75, 3.05) is 0 Å². The highest BCUT2D eigenvalue weighted by atomic mass is 16.1. The summed E-state index contributed by atoms with van der Waals surface area (Å²) < 4.78 is 2.32. The lowest BCUT2D eigenvalue weighted by atomic mass is 10.1. The number of carbonyl (C=O) groups excluding carboxylic acids is 1. The van der Waals surface area contributed by atoms with E-state index in [2.05, 4.69) is 89.5 Å². The van der Waals surface area contributed by atoms with Crippen LogP contribution in [0, 0.1) is 0 Å². The van der Waals surface area contributed by atoms with Crippen LogP contribution in [-0.2, 0) is 0 Å². The first-order valence-corrected chi connectivity index (χ1v) is 9.65. The van der Waals surface area contributed by atoms with Gasteiger partial charge in [-0.25, -0.2) is 0 Å². The van der Waals surface area contributed by atoms with Gasteiger partial charge in [0, 0.05) is 22.0 Å². The van der Waals surface area contributed by atoms with Crippen LogP contribution in [0.4, 0.5) is 0 Å². The van der Waals surface area contributed by atoms with Crippen molar-refractivity contribution in [1.29, 1.82) is 0 Å². The van der Waals surface area contributed by atoms with Gasteiger partial charge in [0.15, 0.2) is 0 Å². The van der Waals surface area contributed by atoms with Crippen molar-refractivity contribution < 1.29 is 4.79 Å². The van der Waals surface area contributed by atoms with Crippen molar-refractivity contribution in [3.8, 4) is 5.69 Å². The first-order chi connectivity index (χ1) is 14.3. The van der Waals surface area contributed by atoms with Crippen LogP contribution < -0.4 is 0 Å². The summed E-state index contributed by atoms with van der Waals surface area (Å²) in [4.78, 5) is 10.8. The van der Waals surface area contributed by atoms with E-state index in [1.165, 1.54) is 21.8 Å². The SMILES string of the molecule is O=Cc1ccc(C=Cc2ccc(-n3c4ccccc4c4ccccc43)cc2)cc1. The molecule has 1 heterocycles. The average Bonchev–Trinajstić information content (AvgIpc) is 3.13. The molecule has 0 saturated heterocycles. The van der Waals surface area contributed by atoms with Gasteiger partial charge in [-0.2, -0.15) is 0 Å². The average molecular weight is 373 g/mol. The van der Waals surface area contributed by atoms with Gasteiger partial charge in [0.2, 0.25) is 0 Å². The first kappa shape index (κ1) is 17.2. The molecule has 0 bridgehead atoms. The Morgan fingerprint density at radius 3 is 1.48 bits per heavy atom. The van der Waals surface area contributed by atoms with Crippen molar-refractivity contribution in [2.45, 2.75) is 0 Å². The number of fused-ring (bicyclic) bond motifs is 3. The molecule has 0 fully saturated rings. The lowest BCUT2D eigenvalue weighted by molar-refractivity contribution is 0.112. The number of carbonyl (C=O) groups is 1. The van der Waals surface area contributed by atoms with Crippen LogP contribution in [-0.4, -0.2) is 10.9 Å². The molecule has 2 nitrogen and oxygen atoms in total. The maximum atomic E-state index is 10.8. The third-order valence-corrected chi connectivity index (χ3v) is 5.27. The molecule has 2 heteroatoms. The maximum absolute atomic E-state index is 10.8. The van der Waals surface area contributed by atoms with Gasteiger partial charge in [0.1, 0.15) is 6.29 Å². The Bertz CT molecular complexity index is 1290. The molecule has 29 heavy (non-hydrogen) atoms. The summed E-state index contributed by atoms with van der Waals surface area (Å²) in [6.07, 6.45) is 5.01. The highest BCUT2D eigenvalue weighted by Gasteiger charge is 2.10. The number of rotatable bonds is 4. The van der Waals surface area contributed by atoms with E-state index < -0.39 is 0 Å². The van der Waals surface area contributed by atoms with Crippen molar-refractivity contribution in [2.24, 2.45) is 0 Å². The summed E-state index contributed by atoms with van der Waals surface area (Å²) in [6.45, 7) is 0. The Hall–Kier alpha value is -3.91. The molecule has 4 aromatic carbocycles. The molecule has 0 amide bonds. The summed E-state index contributed by atoms with van der Waals surface area (Å²) in [6, 6.07) is 33.2.